The van der Waals surface area contributed by atoms with Crippen molar-refractivity contribution in [2.45, 2.75) is 64.5 Å². The quantitative estimate of drug-likeness (QED) is 0.796. The van der Waals surface area contributed by atoms with E-state index in [2.05, 4.69) is 5.32 Å². The molecule has 0 aromatic heterocycles. The Bertz CT molecular complexity index is 329. The molecule has 1 fully saturated rings. The molecule has 1 unspecified atom stereocenters. The highest BCUT2D eigenvalue weighted by Gasteiger charge is 2.29. The fourth-order valence-corrected chi connectivity index (χ4v) is 2.33. The van der Waals surface area contributed by atoms with Gasteiger partial charge in [0, 0.05) is 5.54 Å². The maximum atomic E-state index is 12.0. The van der Waals surface area contributed by atoms with Gasteiger partial charge in [-0.2, -0.15) is 0 Å². The number of hydrogen-bond donors (Lipinski definition) is 2. The summed E-state index contributed by atoms with van der Waals surface area (Å²) in [5, 5.41) is 12.2. The van der Waals surface area contributed by atoms with E-state index in [1.807, 2.05) is 20.8 Å². The summed E-state index contributed by atoms with van der Waals surface area (Å²) in [5.41, 5.74) is -0.234. The lowest BCUT2D eigenvalue weighted by molar-refractivity contribution is -0.144. The van der Waals surface area contributed by atoms with E-state index in [1.165, 1.54) is 0 Å². The van der Waals surface area contributed by atoms with E-state index >= 15 is 0 Å². The van der Waals surface area contributed by atoms with Gasteiger partial charge in [-0.05, 0) is 39.7 Å². The highest BCUT2D eigenvalue weighted by molar-refractivity contribution is 5.80. The molecule has 0 saturated carbocycles. The molecular formula is C14H26N2O3. The smallest absolute Gasteiger partial charge is 0.320 e. The van der Waals surface area contributed by atoms with Crippen molar-refractivity contribution < 1.29 is 14.7 Å². The third-order valence-electron chi connectivity index (χ3n) is 3.86. The standard InChI is InChI=1S/C14H26N2O3/c1-4-14(2,3)15-12(17)10-16-9-7-5-6-8-11(16)13(18)19/h11H,4-10H2,1-3H3,(H,15,17)(H,18,19). The van der Waals surface area contributed by atoms with Gasteiger partial charge in [0.2, 0.25) is 5.91 Å². The molecule has 1 aliphatic rings. The lowest BCUT2D eigenvalue weighted by Crippen LogP contribution is -2.50. The van der Waals surface area contributed by atoms with Crippen LogP contribution < -0.4 is 5.32 Å². The lowest BCUT2D eigenvalue weighted by atomic mass is 10.0. The minimum Gasteiger partial charge on any atom is -0.480 e. The second kappa shape index (κ2) is 6.89. The zero-order chi connectivity index (χ0) is 14.5. The van der Waals surface area contributed by atoms with Crippen LogP contribution in [0.2, 0.25) is 0 Å². The van der Waals surface area contributed by atoms with Gasteiger partial charge < -0.3 is 10.4 Å². The van der Waals surface area contributed by atoms with E-state index in [4.69, 9.17) is 0 Å². The SMILES string of the molecule is CCC(C)(C)NC(=O)CN1CCCCCC1C(=O)O. The summed E-state index contributed by atoms with van der Waals surface area (Å²) in [4.78, 5) is 25.1. The molecule has 5 heteroatoms. The predicted octanol–water partition coefficient (Wildman–Crippen LogP) is 1.62. The van der Waals surface area contributed by atoms with Crippen LogP contribution in [0.15, 0.2) is 0 Å². The van der Waals surface area contributed by atoms with Crippen LogP contribution in [-0.2, 0) is 9.59 Å². The maximum Gasteiger partial charge on any atom is 0.320 e. The Morgan fingerprint density at radius 1 is 1.32 bits per heavy atom. The highest BCUT2D eigenvalue weighted by Crippen LogP contribution is 2.17. The van der Waals surface area contributed by atoms with E-state index in [9.17, 15) is 14.7 Å². The largest absolute Gasteiger partial charge is 0.480 e. The Balaban J connectivity index is 2.61. The van der Waals surface area contributed by atoms with Crippen LogP contribution in [0.5, 0.6) is 0 Å². The molecule has 1 aliphatic heterocycles. The first-order valence-electron chi connectivity index (χ1n) is 7.13. The fraction of sp³-hybridized carbons (Fsp3) is 0.857. The molecule has 1 rings (SSSR count). The number of likely N-dealkylation sites (tertiary alicyclic amines) is 1. The van der Waals surface area contributed by atoms with E-state index < -0.39 is 12.0 Å². The predicted molar refractivity (Wildman–Crippen MR) is 74.0 cm³/mol. The van der Waals surface area contributed by atoms with E-state index in [-0.39, 0.29) is 18.0 Å². The van der Waals surface area contributed by atoms with Gasteiger partial charge in [-0.25, -0.2) is 0 Å². The Hall–Kier alpha value is -1.10. The van der Waals surface area contributed by atoms with Crippen molar-refractivity contribution in [3.8, 4) is 0 Å². The van der Waals surface area contributed by atoms with Gasteiger partial charge in [-0.3, -0.25) is 14.5 Å². The average molecular weight is 270 g/mol. The van der Waals surface area contributed by atoms with Crippen LogP contribution in [-0.4, -0.2) is 46.6 Å². The molecule has 0 aromatic rings. The van der Waals surface area contributed by atoms with Crippen molar-refractivity contribution in [3.63, 3.8) is 0 Å². The zero-order valence-corrected chi connectivity index (χ0v) is 12.2. The average Bonchev–Trinajstić information content (AvgIpc) is 2.53. The number of carbonyl (C=O) groups excluding carboxylic acids is 1. The second-order valence-corrected chi connectivity index (χ2v) is 5.96. The summed E-state index contributed by atoms with van der Waals surface area (Å²) in [6.07, 6.45) is 4.42. The monoisotopic (exact) mass is 270 g/mol. The first-order chi connectivity index (χ1) is 8.85. The molecule has 0 radical (unpaired) electrons. The first-order valence-corrected chi connectivity index (χ1v) is 7.13. The summed E-state index contributed by atoms with van der Waals surface area (Å²) >= 11 is 0. The third-order valence-corrected chi connectivity index (χ3v) is 3.86. The molecule has 0 spiro atoms. The third kappa shape index (κ3) is 5.19. The van der Waals surface area contributed by atoms with Gasteiger partial charge >= 0.3 is 5.97 Å². The number of hydrogen-bond acceptors (Lipinski definition) is 3. The topological polar surface area (TPSA) is 69.6 Å². The van der Waals surface area contributed by atoms with Crippen LogP contribution in [0, 0.1) is 0 Å². The zero-order valence-electron chi connectivity index (χ0n) is 12.2. The number of amides is 1. The molecule has 1 heterocycles. The van der Waals surface area contributed by atoms with E-state index in [0.717, 1.165) is 25.7 Å². The molecule has 0 aromatic carbocycles. The van der Waals surface area contributed by atoms with E-state index in [1.54, 1.807) is 4.90 Å². The fourth-order valence-electron chi connectivity index (χ4n) is 2.33. The van der Waals surface area contributed by atoms with Crippen molar-refractivity contribution in [1.29, 1.82) is 0 Å². The van der Waals surface area contributed by atoms with Gasteiger partial charge in [-0.15, -0.1) is 0 Å². The van der Waals surface area contributed by atoms with Crippen molar-refractivity contribution in [2.24, 2.45) is 0 Å². The minimum atomic E-state index is -0.815. The first kappa shape index (κ1) is 16.0. The normalized spacial score (nSPS) is 21.7. The van der Waals surface area contributed by atoms with Gasteiger partial charge in [0.05, 0.1) is 6.54 Å². The molecule has 2 N–H and O–H groups in total. The number of rotatable bonds is 5. The molecule has 110 valence electrons. The van der Waals surface area contributed by atoms with Crippen LogP contribution >= 0.6 is 0 Å². The van der Waals surface area contributed by atoms with Crippen LogP contribution in [0.4, 0.5) is 0 Å². The summed E-state index contributed by atoms with van der Waals surface area (Å²) in [6.45, 7) is 6.84. The Labute approximate surface area is 115 Å². The van der Waals surface area contributed by atoms with Crippen LogP contribution in [0.1, 0.15) is 52.9 Å². The minimum absolute atomic E-state index is 0.0833. The van der Waals surface area contributed by atoms with Crippen LogP contribution in [0.25, 0.3) is 0 Å². The van der Waals surface area contributed by atoms with Crippen molar-refractivity contribution in [2.75, 3.05) is 13.1 Å². The molecule has 1 atom stereocenters. The lowest BCUT2D eigenvalue weighted by Gasteiger charge is -2.29. The summed E-state index contributed by atoms with van der Waals surface area (Å²) in [7, 11) is 0. The number of carboxylic acid groups (broad SMARTS) is 1. The molecular weight excluding hydrogens is 244 g/mol. The van der Waals surface area contributed by atoms with Crippen molar-refractivity contribution in [1.82, 2.24) is 10.2 Å². The number of nitrogens with zero attached hydrogens (tertiary/aromatic N) is 1. The van der Waals surface area contributed by atoms with E-state index in [0.29, 0.717) is 13.0 Å². The molecule has 1 amide bonds. The van der Waals surface area contributed by atoms with Gasteiger partial charge in [-0.1, -0.05) is 19.8 Å². The van der Waals surface area contributed by atoms with Gasteiger partial charge in [0.1, 0.15) is 6.04 Å². The Kier molecular flexibility index (Phi) is 5.79. The van der Waals surface area contributed by atoms with Crippen molar-refractivity contribution in [3.05, 3.63) is 0 Å². The molecule has 0 bridgehead atoms. The Morgan fingerprint density at radius 3 is 2.58 bits per heavy atom. The number of nitrogens with one attached hydrogen (secondary N) is 1. The Morgan fingerprint density at radius 2 is 2.00 bits per heavy atom. The second-order valence-electron chi connectivity index (χ2n) is 5.96. The highest BCUT2D eigenvalue weighted by atomic mass is 16.4. The summed E-state index contributed by atoms with van der Waals surface area (Å²) < 4.78 is 0. The molecule has 1 saturated heterocycles. The number of carboxylic acids is 1. The summed E-state index contributed by atoms with van der Waals surface area (Å²) in [5.74, 6) is -0.899. The molecule has 5 nitrogen and oxygen atoms in total. The maximum absolute atomic E-state index is 12.0. The summed E-state index contributed by atoms with van der Waals surface area (Å²) in [6, 6.07) is -0.516. The van der Waals surface area contributed by atoms with Gasteiger partial charge in [0.15, 0.2) is 0 Å². The number of carbonyl (C=O) groups is 2. The van der Waals surface area contributed by atoms with Gasteiger partial charge in [0.25, 0.3) is 0 Å². The van der Waals surface area contributed by atoms with Crippen molar-refractivity contribution >= 4 is 11.9 Å². The number of aliphatic carboxylic acids is 1. The molecule has 19 heavy (non-hydrogen) atoms. The van der Waals surface area contributed by atoms with Crippen LogP contribution in [0.3, 0.4) is 0 Å². The molecule has 0 aliphatic carbocycles.